The van der Waals surface area contributed by atoms with Gasteiger partial charge in [0.05, 0.1) is 6.07 Å². The summed E-state index contributed by atoms with van der Waals surface area (Å²) in [5.41, 5.74) is 0.0495. The first kappa shape index (κ1) is 13.0. The molecule has 1 rings (SSSR count). The molecule has 1 amide bonds. The van der Waals surface area contributed by atoms with E-state index in [0.29, 0.717) is 12.5 Å². The minimum absolute atomic E-state index is 0.0495. The maximum absolute atomic E-state index is 11.7. The van der Waals surface area contributed by atoms with Crippen molar-refractivity contribution in [3.05, 3.63) is 0 Å². The molecular formula is C13H22N2O. The van der Waals surface area contributed by atoms with Gasteiger partial charge in [0.1, 0.15) is 0 Å². The second-order valence-corrected chi connectivity index (χ2v) is 5.98. The highest BCUT2D eigenvalue weighted by atomic mass is 16.1. The average Bonchev–Trinajstić information content (AvgIpc) is 2.16. The van der Waals surface area contributed by atoms with Crippen LogP contribution in [0.1, 0.15) is 52.9 Å². The van der Waals surface area contributed by atoms with Crippen LogP contribution in [-0.2, 0) is 4.79 Å². The summed E-state index contributed by atoms with van der Waals surface area (Å²) in [6.45, 7) is 6.21. The second-order valence-electron chi connectivity index (χ2n) is 5.98. The Hall–Kier alpha value is -1.04. The van der Waals surface area contributed by atoms with Gasteiger partial charge in [0, 0.05) is 18.4 Å². The summed E-state index contributed by atoms with van der Waals surface area (Å²) in [7, 11) is 0. The molecule has 90 valence electrons. The van der Waals surface area contributed by atoms with Crippen molar-refractivity contribution in [2.24, 2.45) is 11.3 Å². The van der Waals surface area contributed by atoms with Gasteiger partial charge in [-0.05, 0) is 31.1 Å². The predicted octanol–water partition coefficient (Wildman–Crippen LogP) is 2.62. The van der Waals surface area contributed by atoms with Gasteiger partial charge in [-0.25, -0.2) is 0 Å². The molecule has 0 atom stereocenters. The van der Waals surface area contributed by atoms with E-state index in [1.54, 1.807) is 0 Å². The fraction of sp³-hybridized carbons (Fsp3) is 0.846. The number of nitrogens with zero attached hydrogens (tertiary/aromatic N) is 1. The molecule has 0 unspecified atom stereocenters. The molecular weight excluding hydrogens is 200 g/mol. The molecule has 0 bridgehead atoms. The van der Waals surface area contributed by atoms with Crippen LogP contribution in [-0.4, -0.2) is 11.9 Å². The topological polar surface area (TPSA) is 52.9 Å². The molecule has 3 nitrogen and oxygen atoms in total. The predicted molar refractivity (Wildman–Crippen MR) is 63.6 cm³/mol. The third-order valence-electron chi connectivity index (χ3n) is 2.97. The number of hydrogen-bond acceptors (Lipinski definition) is 2. The lowest BCUT2D eigenvalue weighted by Crippen LogP contribution is -2.38. The first-order chi connectivity index (χ1) is 7.40. The third kappa shape index (κ3) is 4.65. The molecule has 1 N–H and O–H groups in total. The molecule has 3 heteroatoms. The summed E-state index contributed by atoms with van der Waals surface area (Å²) >= 11 is 0. The normalized spacial score (nSPS) is 25.9. The highest BCUT2D eigenvalue weighted by molar-refractivity contribution is 5.76. The van der Waals surface area contributed by atoms with Crippen LogP contribution in [0.3, 0.4) is 0 Å². The average molecular weight is 222 g/mol. The first-order valence-electron chi connectivity index (χ1n) is 6.10. The van der Waals surface area contributed by atoms with Crippen LogP contribution in [0.2, 0.25) is 0 Å². The van der Waals surface area contributed by atoms with Gasteiger partial charge in [-0.1, -0.05) is 20.8 Å². The Balaban J connectivity index is 2.29. The number of nitriles is 1. The summed E-state index contributed by atoms with van der Waals surface area (Å²) in [5.74, 6) is 0.351. The Morgan fingerprint density at radius 3 is 2.31 bits per heavy atom. The maximum Gasteiger partial charge on any atom is 0.220 e. The van der Waals surface area contributed by atoms with Crippen LogP contribution < -0.4 is 5.32 Å². The molecule has 1 saturated carbocycles. The lowest BCUT2D eigenvalue weighted by molar-refractivity contribution is -0.123. The molecule has 0 aromatic heterocycles. The zero-order valence-electron chi connectivity index (χ0n) is 10.5. The van der Waals surface area contributed by atoms with E-state index in [9.17, 15) is 4.79 Å². The van der Waals surface area contributed by atoms with Crippen molar-refractivity contribution in [3.63, 3.8) is 0 Å². The zero-order chi connectivity index (χ0) is 12.2. The van der Waals surface area contributed by atoms with E-state index in [1.807, 2.05) is 0 Å². The van der Waals surface area contributed by atoms with Crippen molar-refractivity contribution in [2.45, 2.75) is 58.9 Å². The van der Waals surface area contributed by atoms with Crippen molar-refractivity contribution < 1.29 is 4.79 Å². The Morgan fingerprint density at radius 2 is 1.88 bits per heavy atom. The SMILES string of the molecule is CC(C)(C)CC(=O)NC1CCC(C#N)CC1. The Bertz CT molecular complexity index is 277. The highest BCUT2D eigenvalue weighted by Gasteiger charge is 2.23. The molecule has 16 heavy (non-hydrogen) atoms. The van der Waals surface area contributed by atoms with Crippen molar-refractivity contribution in [1.29, 1.82) is 5.26 Å². The number of amides is 1. The van der Waals surface area contributed by atoms with Gasteiger partial charge in [-0.15, -0.1) is 0 Å². The Kier molecular flexibility index (Phi) is 4.35. The van der Waals surface area contributed by atoms with E-state index < -0.39 is 0 Å². The monoisotopic (exact) mass is 222 g/mol. The molecule has 1 aliphatic rings. The third-order valence-corrected chi connectivity index (χ3v) is 2.97. The van der Waals surface area contributed by atoms with Crippen molar-refractivity contribution in [1.82, 2.24) is 5.32 Å². The standard InChI is InChI=1S/C13H22N2O/c1-13(2,3)8-12(16)15-11-6-4-10(9-14)5-7-11/h10-11H,4-8H2,1-3H3,(H,15,16). The molecule has 0 aromatic rings. The fourth-order valence-electron chi connectivity index (χ4n) is 2.13. The van der Waals surface area contributed by atoms with E-state index in [-0.39, 0.29) is 17.2 Å². The quantitative estimate of drug-likeness (QED) is 0.780. The molecule has 0 aliphatic heterocycles. The van der Waals surface area contributed by atoms with Crippen LogP contribution in [0.15, 0.2) is 0 Å². The van der Waals surface area contributed by atoms with Crippen molar-refractivity contribution >= 4 is 5.91 Å². The van der Waals surface area contributed by atoms with E-state index in [1.165, 1.54) is 0 Å². The summed E-state index contributed by atoms with van der Waals surface area (Å²) < 4.78 is 0. The number of hydrogen-bond donors (Lipinski definition) is 1. The van der Waals surface area contributed by atoms with Gasteiger partial charge in [-0.2, -0.15) is 5.26 Å². The summed E-state index contributed by atoms with van der Waals surface area (Å²) in [6, 6.07) is 2.59. The minimum Gasteiger partial charge on any atom is -0.353 e. The minimum atomic E-state index is 0.0495. The van der Waals surface area contributed by atoms with Crippen LogP contribution in [0.25, 0.3) is 0 Å². The van der Waals surface area contributed by atoms with E-state index in [4.69, 9.17) is 5.26 Å². The smallest absolute Gasteiger partial charge is 0.220 e. The van der Waals surface area contributed by atoms with Gasteiger partial charge >= 0.3 is 0 Å². The molecule has 1 aliphatic carbocycles. The van der Waals surface area contributed by atoms with E-state index >= 15 is 0 Å². The van der Waals surface area contributed by atoms with Gasteiger partial charge in [0.15, 0.2) is 0 Å². The summed E-state index contributed by atoms with van der Waals surface area (Å²) in [4.78, 5) is 11.7. The molecule has 0 radical (unpaired) electrons. The van der Waals surface area contributed by atoms with Crippen molar-refractivity contribution in [3.8, 4) is 6.07 Å². The van der Waals surface area contributed by atoms with Crippen LogP contribution in [0.5, 0.6) is 0 Å². The number of nitrogens with one attached hydrogen (secondary N) is 1. The maximum atomic E-state index is 11.7. The zero-order valence-corrected chi connectivity index (χ0v) is 10.5. The molecule has 0 spiro atoms. The van der Waals surface area contributed by atoms with Gasteiger partial charge < -0.3 is 5.32 Å². The lowest BCUT2D eigenvalue weighted by Gasteiger charge is -2.27. The number of rotatable bonds is 2. The highest BCUT2D eigenvalue weighted by Crippen LogP contribution is 2.24. The largest absolute Gasteiger partial charge is 0.353 e. The molecule has 0 heterocycles. The van der Waals surface area contributed by atoms with E-state index in [0.717, 1.165) is 25.7 Å². The number of carbonyl (C=O) groups excluding carboxylic acids is 1. The van der Waals surface area contributed by atoms with Crippen LogP contribution in [0, 0.1) is 22.7 Å². The molecule has 0 saturated heterocycles. The Labute approximate surface area is 98.2 Å². The van der Waals surface area contributed by atoms with Gasteiger partial charge in [-0.3, -0.25) is 4.79 Å². The van der Waals surface area contributed by atoms with Gasteiger partial charge in [0.2, 0.25) is 5.91 Å². The fourth-order valence-corrected chi connectivity index (χ4v) is 2.13. The van der Waals surface area contributed by atoms with Crippen molar-refractivity contribution in [2.75, 3.05) is 0 Å². The molecule has 0 aromatic carbocycles. The lowest BCUT2D eigenvalue weighted by atomic mass is 9.86. The number of carbonyl (C=O) groups is 1. The van der Waals surface area contributed by atoms with E-state index in [2.05, 4.69) is 32.2 Å². The van der Waals surface area contributed by atoms with Gasteiger partial charge in [0.25, 0.3) is 0 Å². The Morgan fingerprint density at radius 1 is 1.31 bits per heavy atom. The summed E-state index contributed by atoms with van der Waals surface area (Å²) in [6.07, 6.45) is 4.33. The molecule has 1 fully saturated rings. The van der Waals surface area contributed by atoms with Crippen LogP contribution >= 0.6 is 0 Å². The van der Waals surface area contributed by atoms with Crippen LogP contribution in [0.4, 0.5) is 0 Å². The summed E-state index contributed by atoms with van der Waals surface area (Å²) in [5, 5.41) is 11.8. The second kappa shape index (κ2) is 5.34. The first-order valence-corrected chi connectivity index (χ1v) is 6.10.